The minimum atomic E-state index is -4.27. The molecule has 0 radical (unpaired) electrons. The lowest BCUT2D eigenvalue weighted by atomic mass is 9.84. The van der Waals surface area contributed by atoms with Gasteiger partial charge in [-0.1, -0.05) is 13.0 Å². The highest BCUT2D eigenvalue weighted by Crippen LogP contribution is 2.33. The molecule has 2 rings (SSSR count). The smallest absolute Gasteiger partial charge is 0.422 e. The molecule has 1 aliphatic carbocycles. The van der Waals surface area contributed by atoms with E-state index in [0.717, 1.165) is 24.8 Å². The number of alkyl halides is 3. The van der Waals surface area contributed by atoms with Crippen LogP contribution in [0.25, 0.3) is 0 Å². The molecule has 94 valence electrons. The van der Waals surface area contributed by atoms with Crippen molar-refractivity contribution < 1.29 is 17.9 Å². The third-order valence-corrected chi connectivity index (χ3v) is 3.13. The first-order chi connectivity index (χ1) is 7.96. The van der Waals surface area contributed by atoms with Crippen molar-refractivity contribution in [1.29, 1.82) is 0 Å². The fraction of sp³-hybridized carbons (Fsp3) is 0.538. The van der Waals surface area contributed by atoms with E-state index in [2.05, 4.69) is 6.92 Å². The van der Waals surface area contributed by atoms with Gasteiger partial charge in [-0.2, -0.15) is 13.2 Å². The van der Waals surface area contributed by atoms with Crippen LogP contribution >= 0.6 is 0 Å². The molecule has 0 saturated heterocycles. The van der Waals surface area contributed by atoms with Gasteiger partial charge in [-0.05, 0) is 48.4 Å². The standard InChI is InChI=1S/C13H15F3O/c1-9-3-2-4-10-7-11(5-6-12(9)10)17-8-13(14,15)16/h5-7,9H,2-4,8H2,1H3. The second kappa shape index (κ2) is 4.59. The Kier molecular flexibility index (Phi) is 3.31. The van der Waals surface area contributed by atoms with Gasteiger partial charge >= 0.3 is 6.18 Å². The molecule has 1 aromatic carbocycles. The second-order valence-corrected chi connectivity index (χ2v) is 4.56. The highest BCUT2D eigenvalue weighted by molar-refractivity contribution is 5.39. The molecule has 0 aliphatic heterocycles. The van der Waals surface area contributed by atoms with Gasteiger partial charge in [0, 0.05) is 0 Å². The molecule has 1 unspecified atom stereocenters. The number of rotatable bonds is 2. The summed E-state index contributed by atoms with van der Waals surface area (Å²) in [6.45, 7) is 0.926. The van der Waals surface area contributed by atoms with Gasteiger partial charge in [0.2, 0.25) is 0 Å². The second-order valence-electron chi connectivity index (χ2n) is 4.56. The lowest BCUT2D eigenvalue weighted by Gasteiger charge is -2.22. The molecule has 0 heterocycles. The van der Waals surface area contributed by atoms with Gasteiger partial charge in [0.1, 0.15) is 5.75 Å². The molecule has 1 atom stereocenters. The molecule has 0 aromatic heterocycles. The lowest BCUT2D eigenvalue weighted by molar-refractivity contribution is -0.153. The van der Waals surface area contributed by atoms with Crippen molar-refractivity contribution in [3.63, 3.8) is 0 Å². The molecule has 1 nitrogen and oxygen atoms in total. The Labute approximate surface area is 98.6 Å². The zero-order valence-corrected chi connectivity index (χ0v) is 9.68. The Morgan fingerprint density at radius 3 is 2.82 bits per heavy atom. The fourth-order valence-corrected chi connectivity index (χ4v) is 2.29. The normalized spacial score (nSPS) is 19.9. The molecule has 1 aromatic rings. The minimum absolute atomic E-state index is 0.315. The zero-order chi connectivity index (χ0) is 12.5. The summed E-state index contributed by atoms with van der Waals surface area (Å²) in [5.41, 5.74) is 2.37. The molecule has 4 heteroatoms. The molecule has 0 N–H and O–H groups in total. The number of hydrogen-bond donors (Lipinski definition) is 0. The van der Waals surface area contributed by atoms with Gasteiger partial charge in [0.25, 0.3) is 0 Å². The van der Waals surface area contributed by atoms with Crippen LogP contribution in [0.4, 0.5) is 13.2 Å². The Morgan fingerprint density at radius 2 is 2.12 bits per heavy atom. The maximum Gasteiger partial charge on any atom is 0.422 e. The van der Waals surface area contributed by atoms with Gasteiger partial charge in [0.15, 0.2) is 6.61 Å². The molecule has 1 aliphatic rings. The van der Waals surface area contributed by atoms with Crippen molar-refractivity contribution >= 4 is 0 Å². The number of aryl methyl sites for hydroxylation is 1. The average molecular weight is 244 g/mol. The summed E-state index contributed by atoms with van der Waals surface area (Å²) < 4.78 is 40.8. The molecule has 0 bridgehead atoms. The Morgan fingerprint density at radius 1 is 1.35 bits per heavy atom. The molecule has 17 heavy (non-hydrogen) atoms. The van der Waals surface area contributed by atoms with Crippen LogP contribution in [-0.2, 0) is 6.42 Å². The van der Waals surface area contributed by atoms with E-state index in [1.807, 2.05) is 6.07 Å². The highest BCUT2D eigenvalue weighted by atomic mass is 19.4. The van der Waals surface area contributed by atoms with Gasteiger partial charge in [-0.3, -0.25) is 0 Å². The molecule has 0 fully saturated rings. The lowest BCUT2D eigenvalue weighted by Crippen LogP contribution is -2.19. The summed E-state index contributed by atoms with van der Waals surface area (Å²) in [4.78, 5) is 0. The first-order valence-corrected chi connectivity index (χ1v) is 5.78. The number of ether oxygens (including phenoxy) is 1. The van der Waals surface area contributed by atoms with Gasteiger partial charge in [-0.25, -0.2) is 0 Å². The summed E-state index contributed by atoms with van der Waals surface area (Å²) in [5, 5.41) is 0. The molecule has 0 spiro atoms. The van der Waals surface area contributed by atoms with E-state index in [0.29, 0.717) is 11.7 Å². The summed E-state index contributed by atoms with van der Waals surface area (Å²) in [5.74, 6) is 0.811. The van der Waals surface area contributed by atoms with Crippen molar-refractivity contribution in [2.45, 2.75) is 38.3 Å². The quantitative estimate of drug-likeness (QED) is 0.762. The van der Waals surface area contributed by atoms with Gasteiger partial charge in [0.05, 0.1) is 0 Å². The molecular formula is C13H15F3O. The van der Waals surface area contributed by atoms with E-state index in [-0.39, 0.29) is 0 Å². The first kappa shape index (κ1) is 12.3. The highest BCUT2D eigenvalue weighted by Gasteiger charge is 2.28. The predicted octanol–water partition coefficient (Wildman–Crippen LogP) is 4.07. The minimum Gasteiger partial charge on any atom is -0.484 e. The van der Waals surface area contributed by atoms with E-state index in [9.17, 15) is 13.2 Å². The van der Waals surface area contributed by atoms with Crippen molar-refractivity contribution in [3.05, 3.63) is 29.3 Å². The molecule has 0 amide bonds. The number of halogens is 3. The SMILES string of the molecule is CC1CCCc2cc(OCC(F)(F)F)ccc21. The van der Waals surface area contributed by atoms with E-state index in [1.165, 1.54) is 5.56 Å². The van der Waals surface area contributed by atoms with Crippen LogP contribution in [0.5, 0.6) is 5.75 Å². The van der Waals surface area contributed by atoms with E-state index < -0.39 is 12.8 Å². The maximum absolute atomic E-state index is 12.0. The zero-order valence-electron chi connectivity index (χ0n) is 9.68. The van der Waals surface area contributed by atoms with E-state index in [1.54, 1.807) is 12.1 Å². The van der Waals surface area contributed by atoms with E-state index >= 15 is 0 Å². The summed E-state index contributed by atoms with van der Waals surface area (Å²) in [6, 6.07) is 5.27. The number of fused-ring (bicyclic) bond motifs is 1. The topological polar surface area (TPSA) is 9.23 Å². The average Bonchev–Trinajstić information content (AvgIpc) is 2.26. The molecule has 0 saturated carbocycles. The predicted molar refractivity (Wildman–Crippen MR) is 59.3 cm³/mol. The van der Waals surface area contributed by atoms with Crippen LogP contribution in [-0.4, -0.2) is 12.8 Å². The Hall–Kier alpha value is -1.19. The Bertz CT molecular complexity index is 398. The monoisotopic (exact) mass is 244 g/mol. The van der Waals surface area contributed by atoms with Crippen LogP contribution < -0.4 is 4.74 Å². The van der Waals surface area contributed by atoms with E-state index in [4.69, 9.17) is 4.74 Å². The van der Waals surface area contributed by atoms with Gasteiger partial charge in [-0.15, -0.1) is 0 Å². The summed E-state index contributed by atoms with van der Waals surface area (Å²) in [6.07, 6.45) is -1.10. The van der Waals surface area contributed by atoms with Crippen LogP contribution in [0, 0.1) is 0 Å². The van der Waals surface area contributed by atoms with Crippen LogP contribution in [0.1, 0.15) is 36.8 Å². The third kappa shape index (κ3) is 3.14. The molecular weight excluding hydrogens is 229 g/mol. The van der Waals surface area contributed by atoms with Crippen molar-refractivity contribution in [2.24, 2.45) is 0 Å². The van der Waals surface area contributed by atoms with Crippen LogP contribution in [0.3, 0.4) is 0 Å². The number of benzene rings is 1. The maximum atomic E-state index is 12.0. The van der Waals surface area contributed by atoms with Crippen LogP contribution in [0.15, 0.2) is 18.2 Å². The Balaban J connectivity index is 2.11. The van der Waals surface area contributed by atoms with Crippen molar-refractivity contribution in [3.8, 4) is 5.75 Å². The van der Waals surface area contributed by atoms with Gasteiger partial charge < -0.3 is 4.74 Å². The summed E-state index contributed by atoms with van der Waals surface area (Å²) >= 11 is 0. The van der Waals surface area contributed by atoms with Crippen molar-refractivity contribution in [2.75, 3.05) is 6.61 Å². The largest absolute Gasteiger partial charge is 0.484 e. The fourth-order valence-electron chi connectivity index (χ4n) is 2.29. The van der Waals surface area contributed by atoms with Crippen LogP contribution in [0.2, 0.25) is 0 Å². The third-order valence-electron chi connectivity index (χ3n) is 3.13. The number of hydrogen-bond acceptors (Lipinski definition) is 1. The summed E-state index contributed by atoms with van der Waals surface area (Å²) in [7, 11) is 0. The first-order valence-electron chi connectivity index (χ1n) is 5.78. The van der Waals surface area contributed by atoms with Crippen molar-refractivity contribution in [1.82, 2.24) is 0 Å².